The summed E-state index contributed by atoms with van der Waals surface area (Å²) in [5.41, 5.74) is 1.63. The first-order valence-corrected chi connectivity index (χ1v) is 9.63. The first-order chi connectivity index (χ1) is 12.2. The number of nitrogens with one attached hydrogen (secondary N) is 2. The van der Waals surface area contributed by atoms with Crippen LogP contribution < -0.4 is 10.6 Å². The lowest BCUT2D eigenvalue weighted by Crippen LogP contribution is -2.40. The number of aliphatic hydroxyl groups excluding tert-OH is 1. The third-order valence-corrected chi connectivity index (χ3v) is 6.22. The Balaban J connectivity index is 1.37. The first kappa shape index (κ1) is 16.8. The van der Waals surface area contributed by atoms with Crippen molar-refractivity contribution in [1.29, 1.82) is 0 Å². The highest BCUT2D eigenvalue weighted by Gasteiger charge is 2.34. The van der Waals surface area contributed by atoms with Crippen molar-refractivity contribution >= 4 is 33.3 Å². The molecular formula is C18H23N3O3S. The van der Waals surface area contributed by atoms with E-state index in [-0.39, 0.29) is 18.1 Å². The van der Waals surface area contributed by atoms with Crippen molar-refractivity contribution in [1.82, 2.24) is 10.3 Å². The highest BCUT2D eigenvalue weighted by atomic mass is 32.1. The molecule has 4 rings (SSSR count). The summed E-state index contributed by atoms with van der Waals surface area (Å²) in [5, 5.41) is 16.3. The molecule has 7 heteroatoms. The van der Waals surface area contributed by atoms with E-state index >= 15 is 0 Å². The molecule has 1 aliphatic heterocycles. The van der Waals surface area contributed by atoms with Gasteiger partial charge in [-0.2, -0.15) is 0 Å². The topological polar surface area (TPSA) is 83.5 Å². The fraction of sp³-hybridized carbons (Fsp3) is 0.556. The SMILES string of the molecule is O=C(NCC1(CCO)CCOC1)Nc1ccc2nc(C3CC3)sc2c1. The minimum Gasteiger partial charge on any atom is -0.396 e. The van der Waals surface area contributed by atoms with E-state index in [9.17, 15) is 9.90 Å². The van der Waals surface area contributed by atoms with Gasteiger partial charge in [0.2, 0.25) is 0 Å². The number of hydrogen-bond acceptors (Lipinski definition) is 5. The summed E-state index contributed by atoms with van der Waals surface area (Å²) < 4.78 is 6.56. The largest absolute Gasteiger partial charge is 0.396 e. The highest BCUT2D eigenvalue weighted by molar-refractivity contribution is 7.18. The second-order valence-electron chi connectivity index (χ2n) is 7.09. The second kappa shape index (κ2) is 6.90. The lowest BCUT2D eigenvalue weighted by atomic mass is 9.84. The van der Waals surface area contributed by atoms with Crippen molar-refractivity contribution in [3.8, 4) is 0 Å². The number of rotatable bonds is 6. The molecule has 1 aromatic heterocycles. The number of fused-ring (bicyclic) bond motifs is 1. The maximum Gasteiger partial charge on any atom is 0.319 e. The number of carbonyl (C=O) groups excluding carboxylic acids is 1. The number of benzene rings is 1. The van der Waals surface area contributed by atoms with Gasteiger partial charge in [-0.3, -0.25) is 0 Å². The van der Waals surface area contributed by atoms with Crippen LogP contribution >= 0.6 is 11.3 Å². The zero-order valence-corrected chi connectivity index (χ0v) is 14.9. The van der Waals surface area contributed by atoms with Crippen molar-refractivity contribution < 1.29 is 14.6 Å². The molecule has 1 saturated heterocycles. The van der Waals surface area contributed by atoms with Crippen LogP contribution in [0, 0.1) is 5.41 Å². The lowest BCUT2D eigenvalue weighted by molar-refractivity contribution is 0.126. The fourth-order valence-corrected chi connectivity index (χ4v) is 4.46. The molecule has 6 nitrogen and oxygen atoms in total. The van der Waals surface area contributed by atoms with Crippen LogP contribution in [0.4, 0.5) is 10.5 Å². The molecular weight excluding hydrogens is 338 g/mol. The summed E-state index contributed by atoms with van der Waals surface area (Å²) in [6.45, 7) is 1.89. The van der Waals surface area contributed by atoms with Crippen LogP contribution in [0.1, 0.15) is 36.6 Å². The molecule has 0 bridgehead atoms. The Hall–Kier alpha value is -1.70. The summed E-state index contributed by atoms with van der Waals surface area (Å²) >= 11 is 1.72. The van der Waals surface area contributed by atoms with E-state index in [1.807, 2.05) is 18.2 Å². The molecule has 134 valence electrons. The molecule has 1 atom stereocenters. The van der Waals surface area contributed by atoms with E-state index in [1.165, 1.54) is 17.8 Å². The summed E-state index contributed by atoms with van der Waals surface area (Å²) in [4.78, 5) is 16.9. The Morgan fingerprint density at radius 1 is 1.44 bits per heavy atom. The molecule has 2 aromatic rings. The van der Waals surface area contributed by atoms with Gasteiger partial charge in [-0.15, -0.1) is 11.3 Å². The van der Waals surface area contributed by atoms with Crippen molar-refractivity contribution in [3.63, 3.8) is 0 Å². The summed E-state index contributed by atoms with van der Waals surface area (Å²) in [6, 6.07) is 5.61. The average Bonchev–Trinajstić information content (AvgIpc) is 3.20. The molecule has 0 radical (unpaired) electrons. The third kappa shape index (κ3) is 3.78. The van der Waals surface area contributed by atoms with E-state index < -0.39 is 0 Å². The molecule has 0 spiro atoms. The molecule has 1 unspecified atom stereocenters. The number of nitrogens with zero attached hydrogens (tertiary/aromatic N) is 1. The number of urea groups is 1. The summed E-state index contributed by atoms with van der Waals surface area (Å²) in [5.74, 6) is 0.647. The smallest absolute Gasteiger partial charge is 0.319 e. The second-order valence-corrected chi connectivity index (χ2v) is 8.15. The van der Waals surface area contributed by atoms with Gasteiger partial charge in [0, 0.05) is 36.8 Å². The fourth-order valence-electron chi connectivity index (χ4n) is 3.28. The zero-order valence-electron chi connectivity index (χ0n) is 14.1. The van der Waals surface area contributed by atoms with Gasteiger partial charge in [0.15, 0.2) is 0 Å². The van der Waals surface area contributed by atoms with Gasteiger partial charge in [0.1, 0.15) is 0 Å². The summed E-state index contributed by atoms with van der Waals surface area (Å²) in [7, 11) is 0. The van der Waals surface area contributed by atoms with Gasteiger partial charge in [-0.05, 0) is 43.9 Å². The predicted molar refractivity (Wildman–Crippen MR) is 98.2 cm³/mol. The minimum atomic E-state index is -0.226. The number of ether oxygens (including phenoxy) is 1. The van der Waals surface area contributed by atoms with Gasteiger partial charge >= 0.3 is 6.03 Å². The standard InChI is InChI=1S/C18H23N3O3S/c22-7-5-18(6-8-24-11-18)10-19-17(23)20-13-3-4-14-15(9-13)25-16(21-14)12-1-2-12/h3-4,9,12,22H,1-2,5-8,10-11H2,(H2,19,20,23). The van der Waals surface area contributed by atoms with Gasteiger partial charge in [0.05, 0.1) is 21.8 Å². The Morgan fingerprint density at radius 2 is 2.32 bits per heavy atom. The van der Waals surface area contributed by atoms with E-state index in [0.29, 0.717) is 32.1 Å². The zero-order chi connectivity index (χ0) is 17.3. The third-order valence-electron chi connectivity index (χ3n) is 5.04. The lowest BCUT2D eigenvalue weighted by Gasteiger charge is -2.26. The Labute approximate surface area is 150 Å². The van der Waals surface area contributed by atoms with E-state index in [0.717, 1.165) is 22.3 Å². The molecule has 2 fully saturated rings. The molecule has 25 heavy (non-hydrogen) atoms. The number of carbonyl (C=O) groups is 1. The van der Waals surface area contributed by atoms with E-state index in [1.54, 1.807) is 11.3 Å². The maximum atomic E-state index is 12.2. The van der Waals surface area contributed by atoms with Crippen LogP contribution in [0.3, 0.4) is 0 Å². The van der Waals surface area contributed by atoms with Crippen LogP contribution in [-0.2, 0) is 4.74 Å². The Kier molecular flexibility index (Phi) is 4.62. The molecule has 1 aliphatic carbocycles. The van der Waals surface area contributed by atoms with Crippen LogP contribution in [-0.4, -0.2) is 42.5 Å². The molecule has 2 aliphatic rings. The van der Waals surface area contributed by atoms with E-state index in [2.05, 4.69) is 15.6 Å². The monoisotopic (exact) mass is 361 g/mol. The molecule has 2 amide bonds. The average molecular weight is 361 g/mol. The summed E-state index contributed by atoms with van der Waals surface area (Å²) in [6.07, 6.45) is 3.99. The van der Waals surface area contributed by atoms with Crippen molar-refractivity contribution in [2.75, 3.05) is 31.7 Å². The van der Waals surface area contributed by atoms with Gasteiger partial charge in [0.25, 0.3) is 0 Å². The van der Waals surface area contributed by atoms with Gasteiger partial charge in [-0.1, -0.05) is 0 Å². The van der Waals surface area contributed by atoms with Crippen molar-refractivity contribution in [3.05, 3.63) is 23.2 Å². The van der Waals surface area contributed by atoms with E-state index in [4.69, 9.17) is 4.74 Å². The number of thiazole rings is 1. The minimum absolute atomic E-state index is 0.109. The Bertz CT molecular complexity index is 766. The normalized spacial score (nSPS) is 23.1. The first-order valence-electron chi connectivity index (χ1n) is 8.81. The molecule has 1 aromatic carbocycles. The predicted octanol–water partition coefficient (Wildman–Crippen LogP) is 3.08. The Morgan fingerprint density at radius 3 is 3.04 bits per heavy atom. The van der Waals surface area contributed by atoms with Gasteiger partial charge in [-0.25, -0.2) is 9.78 Å². The van der Waals surface area contributed by atoms with Gasteiger partial charge < -0.3 is 20.5 Å². The van der Waals surface area contributed by atoms with Crippen molar-refractivity contribution in [2.24, 2.45) is 5.41 Å². The van der Waals surface area contributed by atoms with Crippen LogP contribution in [0.2, 0.25) is 0 Å². The number of aliphatic hydroxyl groups is 1. The highest BCUT2D eigenvalue weighted by Crippen LogP contribution is 2.43. The molecule has 1 saturated carbocycles. The maximum absolute atomic E-state index is 12.2. The molecule has 2 heterocycles. The van der Waals surface area contributed by atoms with Crippen LogP contribution in [0.5, 0.6) is 0 Å². The van der Waals surface area contributed by atoms with Crippen molar-refractivity contribution in [2.45, 2.75) is 31.6 Å². The quantitative estimate of drug-likeness (QED) is 0.738. The number of anilines is 1. The number of amides is 2. The molecule has 3 N–H and O–H groups in total. The number of hydrogen-bond donors (Lipinski definition) is 3. The number of aromatic nitrogens is 1. The van der Waals surface area contributed by atoms with Crippen LogP contribution in [0.15, 0.2) is 18.2 Å². The van der Waals surface area contributed by atoms with Crippen LogP contribution in [0.25, 0.3) is 10.2 Å².